The maximum atomic E-state index is 13.2. The first kappa shape index (κ1) is 20.6. The lowest BCUT2D eigenvalue weighted by molar-refractivity contribution is 0.594. The van der Waals surface area contributed by atoms with Gasteiger partial charge in [0.05, 0.1) is 9.79 Å². The molecule has 0 radical (unpaired) electrons. The van der Waals surface area contributed by atoms with E-state index in [9.17, 15) is 8.42 Å². The molecule has 2 aromatic carbocycles. The molecule has 0 unspecified atom stereocenters. The van der Waals surface area contributed by atoms with E-state index in [4.69, 9.17) is 0 Å². The molecule has 0 bridgehead atoms. The van der Waals surface area contributed by atoms with E-state index in [1.54, 1.807) is 48.5 Å². The van der Waals surface area contributed by atoms with Crippen LogP contribution in [0.3, 0.4) is 0 Å². The molecule has 0 saturated heterocycles. The third kappa shape index (κ3) is 4.71. The lowest BCUT2D eigenvalue weighted by atomic mass is 10.2. The van der Waals surface area contributed by atoms with Gasteiger partial charge < -0.3 is 0 Å². The fourth-order valence-electron chi connectivity index (χ4n) is 1.99. The van der Waals surface area contributed by atoms with E-state index in [1.807, 2.05) is 0 Å². The van der Waals surface area contributed by atoms with E-state index >= 15 is 0 Å². The van der Waals surface area contributed by atoms with Gasteiger partial charge in [-0.05, 0) is 12.1 Å². The molecule has 124 valence electrons. The van der Waals surface area contributed by atoms with Crippen LogP contribution in [0.15, 0.2) is 58.3 Å². The maximum Gasteiger partial charge on any atom is 0.207 e. The Morgan fingerprint density at radius 1 is 0.609 bits per heavy atom. The third-order valence-corrected chi connectivity index (χ3v) is 7.40. The van der Waals surface area contributed by atoms with Crippen molar-refractivity contribution in [1.82, 2.24) is 0 Å². The fourth-order valence-corrected chi connectivity index (χ4v) is 6.62. The first-order valence-electron chi connectivity index (χ1n) is 6.03. The van der Waals surface area contributed by atoms with E-state index in [0.717, 1.165) is 0 Å². The Balaban J connectivity index is 2.77. The molecule has 0 saturated carbocycles. The molecule has 0 aromatic heterocycles. The van der Waals surface area contributed by atoms with Gasteiger partial charge in [0.1, 0.15) is 0 Å². The van der Waals surface area contributed by atoms with Crippen molar-refractivity contribution in [1.29, 1.82) is 0 Å². The van der Waals surface area contributed by atoms with Crippen LogP contribution in [-0.2, 0) is 14.1 Å². The summed E-state index contributed by atoms with van der Waals surface area (Å²) in [6.45, 7) is 0. The van der Waals surface area contributed by atoms with Crippen LogP contribution in [0.1, 0.15) is 11.1 Å². The molecule has 2 rings (SSSR count). The van der Waals surface area contributed by atoms with Crippen molar-refractivity contribution < 1.29 is 8.42 Å². The summed E-state index contributed by atoms with van der Waals surface area (Å²) in [6.07, 6.45) is 0. The molecule has 0 spiro atoms. The third-order valence-electron chi connectivity index (χ3n) is 2.96. The van der Waals surface area contributed by atoms with Crippen molar-refractivity contribution in [2.45, 2.75) is 14.1 Å². The van der Waals surface area contributed by atoms with Crippen LogP contribution in [0.25, 0.3) is 0 Å². The van der Waals surface area contributed by atoms with Crippen molar-refractivity contribution >= 4 is 105 Å². The van der Waals surface area contributed by atoms with Gasteiger partial charge in [-0.25, -0.2) is 8.42 Å². The van der Waals surface area contributed by atoms with Gasteiger partial charge >= 0.3 is 0 Å². The standard InChI is InChI=1S/C14H8Br6O2S/c15-13(16,17)9-5-1-3-7-11(9)23(21,22)12-8-4-2-6-10(12)14(18,19)20/h1-8H. The van der Waals surface area contributed by atoms with Crippen molar-refractivity contribution in [3.63, 3.8) is 0 Å². The predicted molar refractivity (Wildman–Crippen MR) is 115 cm³/mol. The van der Waals surface area contributed by atoms with Crippen molar-refractivity contribution in [3.8, 4) is 0 Å². The summed E-state index contributed by atoms with van der Waals surface area (Å²) >= 11 is 20.4. The van der Waals surface area contributed by atoms with Crippen LogP contribution in [0.2, 0.25) is 0 Å². The van der Waals surface area contributed by atoms with E-state index in [1.165, 1.54) is 0 Å². The molecule has 0 amide bonds. The Labute approximate surface area is 185 Å². The van der Waals surface area contributed by atoms with Gasteiger partial charge in [0.2, 0.25) is 9.84 Å². The summed E-state index contributed by atoms with van der Waals surface area (Å²) in [5, 5.41) is 0. The number of halogens is 6. The monoisotopic (exact) mass is 714 g/mol. The molecule has 0 heterocycles. The summed E-state index contributed by atoms with van der Waals surface area (Å²) in [5.41, 5.74) is 1.11. The Kier molecular flexibility index (Phi) is 6.70. The second kappa shape index (κ2) is 7.48. The summed E-state index contributed by atoms with van der Waals surface area (Å²) in [7, 11) is -3.75. The van der Waals surface area contributed by atoms with Crippen molar-refractivity contribution in [2.24, 2.45) is 0 Å². The van der Waals surface area contributed by atoms with Crippen molar-refractivity contribution in [3.05, 3.63) is 59.7 Å². The second-order valence-corrected chi connectivity index (χ2v) is 19.9. The van der Waals surface area contributed by atoms with E-state index in [-0.39, 0.29) is 9.79 Å². The number of alkyl halides is 6. The highest BCUT2D eigenvalue weighted by Crippen LogP contribution is 2.50. The van der Waals surface area contributed by atoms with Crippen LogP contribution >= 0.6 is 95.6 Å². The topological polar surface area (TPSA) is 34.1 Å². The van der Waals surface area contributed by atoms with Gasteiger partial charge in [0, 0.05) is 11.1 Å². The highest BCUT2D eigenvalue weighted by atomic mass is 80.0. The molecule has 0 fully saturated rings. The molecule has 2 aromatic rings. The minimum Gasteiger partial charge on any atom is -0.218 e. The summed E-state index contributed by atoms with van der Waals surface area (Å²) < 4.78 is 24.8. The van der Waals surface area contributed by atoms with Crippen LogP contribution in [0.4, 0.5) is 0 Å². The zero-order chi connectivity index (χ0) is 17.5. The van der Waals surface area contributed by atoms with Crippen molar-refractivity contribution in [2.75, 3.05) is 0 Å². The van der Waals surface area contributed by atoms with Crippen LogP contribution < -0.4 is 0 Å². The first-order chi connectivity index (χ1) is 10.5. The van der Waals surface area contributed by atoms with Crippen LogP contribution in [0.5, 0.6) is 0 Å². The second-order valence-electron chi connectivity index (χ2n) is 4.49. The number of hydrogen-bond donors (Lipinski definition) is 0. The summed E-state index contributed by atoms with van der Waals surface area (Å²) in [4.78, 5) is 0.407. The molecule has 0 aliphatic rings. The molecule has 23 heavy (non-hydrogen) atoms. The first-order valence-corrected chi connectivity index (χ1v) is 12.3. The van der Waals surface area contributed by atoms with Gasteiger partial charge in [-0.1, -0.05) is 132 Å². The molecule has 0 aliphatic carbocycles. The Hall–Kier alpha value is 1.27. The van der Waals surface area contributed by atoms with Crippen LogP contribution in [-0.4, -0.2) is 8.42 Å². The van der Waals surface area contributed by atoms with Gasteiger partial charge in [-0.3, -0.25) is 0 Å². The largest absolute Gasteiger partial charge is 0.218 e. The Morgan fingerprint density at radius 2 is 0.913 bits per heavy atom. The molecule has 2 nitrogen and oxygen atoms in total. The molecule has 0 N–H and O–H groups in total. The normalized spacial score (nSPS) is 13.1. The molecule has 9 heteroatoms. The SMILES string of the molecule is O=S(=O)(c1ccccc1C(Br)(Br)Br)c1ccccc1C(Br)(Br)Br. The quantitative estimate of drug-likeness (QED) is 0.311. The minimum absolute atomic E-state index is 0.204. The summed E-state index contributed by atoms with van der Waals surface area (Å²) in [6, 6.07) is 13.6. The fraction of sp³-hybridized carbons (Fsp3) is 0.143. The highest BCUT2D eigenvalue weighted by Gasteiger charge is 2.34. The highest BCUT2D eigenvalue weighted by molar-refractivity contribution is 9.39. The number of benzene rings is 2. The number of sulfone groups is 1. The number of rotatable bonds is 2. The minimum atomic E-state index is -3.75. The maximum absolute atomic E-state index is 13.2. The van der Waals surface area contributed by atoms with E-state index < -0.39 is 14.1 Å². The van der Waals surface area contributed by atoms with E-state index in [0.29, 0.717) is 11.1 Å². The van der Waals surface area contributed by atoms with Gasteiger partial charge in [0.15, 0.2) is 4.29 Å². The smallest absolute Gasteiger partial charge is 0.207 e. The molecular formula is C14H8Br6O2S. The molecular weight excluding hydrogens is 712 g/mol. The zero-order valence-electron chi connectivity index (χ0n) is 11.1. The Morgan fingerprint density at radius 3 is 1.22 bits per heavy atom. The van der Waals surface area contributed by atoms with Gasteiger partial charge in [0.25, 0.3) is 0 Å². The van der Waals surface area contributed by atoms with Gasteiger partial charge in [-0.15, -0.1) is 0 Å². The average molecular weight is 720 g/mol. The lowest BCUT2D eigenvalue weighted by Gasteiger charge is -2.21. The Bertz CT molecular complexity index is 758. The molecule has 0 aliphatic heterocycles. The lowest BCUT2D eigenvalue weighted by Crippen LogP contribution is -2.14. The molecule has 0 atom stereocenters. The average Bonchev–Trinajstić information content (AvgIpc) is 2.45. The summed E-state index contributed by atoms with van der Waals surface area (Å²) in [5.74, 6) is 0. The number of hydrogen-bond acceptors (Lipinski definition) is 2. The van der Waals surface area contributed by atoms with E-state index in [2.05, 4.69) is 95.6 Å². The predicted octanol–water partition coefficient (Wildman–Crippen LogP) is 7.11. The van der Waals surface area contributed by atoms with Crippen LogP contribution in [0, 0.1) is 0 Å². The van der Waals surface area contributed by atoms with Gasteiger partial charge in [-0.2, -0.15) is 0 Å². The zero-order valence-corrected chi connectivity index (χ0v) is 21.4.